The van der Waals surface area contributed by atoms with E-state index in [1.807, 2.05) is 0 Å². The number of aromatic carboxylic acids is 1. The summed E-state index contributed by atoms with van der Waals surface area (Å²) in [4.78, 5) is 41.2. The smallest absolute Gasteiger partial charge is 0.497 e. The molecule has 1 atom stereocenters. The van der Waals surface area contributed by atoms with Crippen molar-refractivity contribution in [1.29, 1.82) is 0 Å². The molecule has 1 aromatic carbocycles. The Morgan fingerprint density at radius 1 is 1.06 bits per heavy atom. The highest BCUT2D eigenvalue weighted by atomic mass is 16.8. The van der Waals surface area contributed by atoms with Crippen molar-refractivity contribution in [3.63, 3.8) is 0 Å². The molecule has 2 aromatic rings. The van der Waals surface area contributed by atoms with Gasteiger partial charge < -0.3 is 29.4 Å². The molecule has 0 bridgehead atoms. The summed E-state index contributed by atoms with van der Waals surface area (Å²) in [5.41, 5.74) is 0.912. The second kappa shape index (κ2) is 11.7. The van der Waals surface area contributed by atoms with Crippen molar-refractivity contribution in [2.45, 2.75) is 52.6 Å². The van der Waals surface area contributed by atoms with E-state index >= 15 is 0 Å². The minimum Gasteiger partial charge on any atom is -0.497 e. The van der Waals surface area contributed by atoms with Crippen LogP contribution in [0, 0.1) is 5.92 Å². The van der Waals surface area contributed by atoms with Gasteiger partial charge in [-0.2, -0.15) is 0 Å². The lowest BCUT2D eigenvalue weighted by atomic mass is 9.97. The molecule has 10 nitrogen and oxygen atoms in total. The van der Waals surface area contributed by atoms with Crippen LogP contribution in [0.15, 0.2) is 30.3 Å². The zero-order valence-corrected chi connectivity index (χ0v) is 20.2. The molecule has 10 heteroatoms. The Morgan fingerprint density at radius 2 is 1.80 bits per heavy atom. The summed E-state index contributed by atoms with van der Waals surface area (Å²) in [6.45, 7) is 5.96. The zero-order valence-electron chi connectivity index (χ0n) is 20.2. The summed E-state index contributed by atoms with van der Waals surface area (Å²) in [5.74, 6) is -0.983. The van der Waals surface area contributed by atoms with Crippen LogP contribution >= 0.6 is 0 Å². The fourth-order valence-corrected chi connectivity index (χ4v) is 3.34. The summed E-state index contributed by atoms with van der Waals surface area (Å²) in [6, 6.07) is 7.77. The van der Waals surface area contributed by atoms with Crippen LogP contribution in [0.3, 0.4) is 0 Å². The minimum absolute atomic E-state index is 0.0360. The van der Waals surface area contributed by atoms with Crippen LogP contribution in [0.25, 0.3) is 11.1 Å². The van der Waals surface area contributed by atoms with E-state index in [-0.39, 0.29) is 22.4 Å². The number of aromatic nitrogens is 1. The molecule has 35 heavy (non-hydrogen) atoms. The second-order valence-corrected chi connectivity index (χ2v) is 8.50. The van der Waals surface area contributed by atoms with E-state index in [9.17, 15) is 19.5 Å². The van der Waals surface area contributed by atoms with Gasteiger partial charge in [-0.15, -0.1) is 0 Å². The molecule has 1 fully saturated rings. The number of carboxylic acid groups (broad SMARTS) is 1. The fourth-order valence-electron chi connectivity index (χ4n) is 3.34. The molecule has 1 aliphatic carbocycles. The summed E-state index contributed by atoms with van der Waals surface area (Å²) in [6.07, 6.45) is -0.248. The maximum Gasteiger partial charge on any atom is 0.511 e. The topological polar surface area (TPSA) is 133 Å². The van der Waals surface area contributed by atoms with Gasteiger partial charge in [0.1, 0.15) is 5.75 Å². The van der Waals surface area contributed by atoms with E-state index in [2.05, 4.69) is 10.3 Å². The van der Waals surface area contributed by atoms with Gasteiger partial charge >= 0.3 is 18.1 Å². The molecule has 0 spiro atoms. The fraction of sp³-hybridized carbons (Fsp3) is 0.440. The number of ether oxygens (including phenoxy) is 4. The normalized spacial score (nSPS) is 13.7. The Labute approximate surface area is 203 Å². The van der Waals surface area contributed by atoms with Crippen molar-refractivity contribution in [3.05, 3.63) is 47.3 Å². The maximum absolute atomic E-state index is 13.1. The first-order valence-corrected chi connectivity index (χ1v) is 11.4. The van der Waals surface area contributed by atoms with E-state index in [0.29, 0.717) is 23.9 Å². The highest BCUT2D eigenvalue weighted by Crippen LogP contribution is 2.31. The van der Waals surface area contributed by atoms with E-state index in [1.54, 1.807) is 26.0 Å². The molecular formula is C25H30N2O8. The summed E-state index contributed by atoms with van der Waals surface area (Å²) in [5, 5.41) is 13.0. The number of benzene rings is 1. The van der Waals surface area contributed by atoms with Crippen LogP contribution in [0.4, 0.5) is 4.79 Å². The van der Waals surface area contributed by atoms with Crippen LogP contribution in [0.2, 0.25) is 0 Å². The molecule has 0 saturated heterocycles. The summed E-state index contributed by atoms with van der Waals surface area (Å²) in [7, 11) is 1.46. The predicted octanol–water partition coefficient (Wildman–Crippen LogP) is 4.02. The number of carboxylic acids is 1. The van der Waals surface area contributed by atoms with Crippen molar-refractivity contribution in [3.8, 4) is 16.9 Å². The van der Waals surface area contributed by atoms with Crippen molar-refractivity contribution < 1.29 is 38.4 Å². The van der Waals surface area contributed by atoms with Crippen molar-refractivity contribution >= 4 is 18.1 Å². The third-order valence-corrected chi connectivity index (χ3v) is 5.20. The van der Waals surface area contributed by atoms with Gasteiger partial charge in [-0.1, -0.05) is 6.07 Å². The third kappa shape index (κ3) is 7.41. The third-order valence-electron chi connectivity index (χ3n) is 5.20. The van der Waals surface area contributed by atoms with Gasteiger partial charge in [-0.05, 0) is 63.4 Å². The number of nitrogens with one attached hydrogen (secondary N) is 1. The largest absolute Gasteiger partial charge is 0.511 e. The number of pyridine rings is 1. The van der Waals surface area contributed by atoms with Crippen LogP contribution in [-0.4, -0.2) is 54.2 Å². The Kier molecular flexibility index (Phi) is 8.64. The zero-order chi connectivity index (χ0) is 25.5. The highest BCUT2D eigenvalue weighted by molar-refractivity contribution is 6.02. The Bertz CT molecular complexity index is 1080. The van der Waals surface area contributed by atoms with Gasteiger partial charge in [0.25, 0.3) is 0 Å². The van der Waals surface area contributed by atoms with Gasteiger partial charge in [-0.25, -0.2) is 19.4 Å². The van der Waals surface area contributed by atoms with Crippen LogP contribution in [-0.2, 0) is 20.8 Å². The van der Waals surface area contributed by atoms with Crippen molar-refractivity contribution in [2.24, 2.45) is 5.92 Å². The molecular weight excluding hydrogens is 456 g/mol. The lowest BCUT2D eigenvalue weighted by Crippen LogP contribution is -2.25. The molecule has 1 heterocycles. The minimum atomic E-state index is -1.26. The van der Waals surface area contributed by atoms with Gasteiger partial charge in [-0.3, -0.25) is 0 Å². The number of carbonyl (C=O) groups excluding carboxylic acids is 2. The molecule has 1 aliphatic rings. The molecule has 1 unspecified atom stereocenters. The first-order valence-electron chi connectivity index (χ1n) is 11.4. The SMILES string of the molecule is COc1ccc(C(=O)O)c(-c2ccc(CNCC3CC3)nc2C(=O)OC(C)OC(=O)OC(C)C)c1. The molecule has 3 rings (SSSR count). The summed E-state index contributed by atoms with van der Waals surface area (Å²) < 4.78 is 20.4. The first kappa shape index (κ1) is 26.0. The van der Waals surface area contributed by atoms with Crippen molar-refractivity contribution in [2.75, 3.05) is 13.7 Å². The Hall–Kier alpha value is -3.66. The van der Waals surface area contributed by atoms with E-state index in [1.165, 1.54) is 45.1 Å². The number of methoxy groups -OCH3 is 1. The van der Waals surface area contributed by atoms with E-state index in [0.717, 1.165) is 6.54 Å². The average Bonchev–Trinajstić information content (AvgIpc) is 3.62. The molecule has 0 amide bonds. The molecule has 2 N–H and O–H groups in total. The quantitative estimate of drug-likeness (QED) is 0.354. The monoisotopic (exact) mass is 486 g/mol. The lowest BCUT2D eigenvalue weighted by Gasteiger charge is -2.17. The molecule has 1 saturated carbocycles. The first-order chi connectivity index (χ1) is 16.7. The molecule has 188 valence electrons. The van der Waals surface area contributed by atoms with Crippen LogP contribution < -0.4 is 10.1 Å². The van der Waals surface area contributed by atoms with Crippen molar-refractivity contribution in [1.82, 2.24) is 10.3 Å². The molecule has 1 aromatic heterocycles. The maximum atomic E-state index is 13.1. The number of hydrogen-bond donors (Lipinski definition) is 2. The van der Waals surface area contributed by atoms with Crippen LogP contribution in [0.5, 0.6) is 5.75 Å². The Morgan fingerprint density at radius 3 is 2.43 bits per heavy atom. The number of rotatable bonds is 11. The number of nitrogens with zero attached hydrogens (tertiary/aromatic N) is 1. The lowest BCUT2D eigenvalue weighted by molar-refractivity contribution is -0.0868. The average molecular weight is 487 g/mol. The standard InChI is InChI=1S/C25H30N2O8/c1-14(2)33-25(31)35-15(3)34-24(30)22-19(9-7-17(27-22)13-26-12-16-5-6-16)21-11-18(32-4)8-10-20(21)23(28)29/h7-11,14-16,26H,5-6,12-13H2,1-4H3,(H,28,29). The van der Waals surface area contributed by atoms with Gasteiger partial charge in [0.05, 0.1) is 24.5 Å². The highest BCUT2D eigenvalue weighted by Gasteiger charge is 2.25. The Balaban J connectivity index is 1.92. The van der Waals surface area contributed by atoms with Gasteiger partial charge in [0, 0.05) is 24.6 Å². The van der Waals surface area contributed by atoms with Gasteiger partial charge in [0.15, 0.2) is 5.69 Å². The predicted molar refractivity (Wildman–Crippen MR) is 125 cm³/mol. The van der Waals surface area contributed by atoms with E-state index < -0.39 is 30.5 Å². The number of hydrogen-bond acceptors (Lipinski definition) is 9. The second-order valence-electron chi connectivity index (χ2n) is 8.50. The molecule has 0 radical (unpaired) electrons. The number of carbonyl (C=O) groups is 3. The number of esters is 1. The summed E-state index contributed by atoms with van der Waals surface area (Å²) >= 11 is 0. The van der Waals surface area contributed by atoms with E-state index in [4.69, 9.17) is 18.9 Å². The van der Waals surface area contributed by atoms with Gasteiger partial charge in [0.2, 0.25) is 6.29 Å². The van der Waals surface area contributed by atoms with Crippen LogP contribution in [0.1, 0.15) is 60.2 Å². The molecule has 0 aliphatic heterocycles.